The summed E-state index contributed by atoms with van der Waals surface area (Å²) in [4.78, 5) is 28.0. The van der Waals surface area contributed by atoms with Gasteiger partial charge in [0.25, 0.3) is 0 Å². The van der Waals surface area contributed by atoms with E-state index in [0.717, 1.165) is 0 Å². The van der Waals surface area contributed by atoms with Gasteiger partial charge in [0.15, 0.2) is 0 Å². The summed E-state index contributed by atoms with van der Waals surface area (Å²) in [5.74, 6) is -0.705. The maximum Gasteiger partial charge on any atom is 0.231 e. The highest BCUT2D eigenvalue weighted by molar-refractivity contribution is 6.49. The predicted molar refractivity (Wildman–Crippen MR) is 63.0 cm³/mol. The van der Waals surface area contributed by atoms with Crippen molar-refractivity contribution in [1.29, 1.82) is 0 Å². The molecule has 2 rings (SSSR count). The van der Waals surface area contributed by atoms with Crippen LogP contribution in [-0.4, -0.2) is 27.2 Å². The molecule has 0 unspecified atom stereocenters. The number of hydrogen-bond acceptors (Lipinski definition) is 4. The monoisotopic (exact) mass is 253 g/mol. The summed E-state index contributed by atoms with van der Waals surface area (Å²) in [5, 5.41) is 2.82. The molecule has 6 heteroatoms. The summed E-state index contributed by atoms with van der Waals surface area (Å²) >= 11 is 5.93. The molecule has 0 atom stereocenters. The molecular weight excluding hydrogens is 242 g/mol. The molecule has 17 heavy (non-hydrogen) atoms. The molecule has 0 aliphatic heterocycles. The van der Waals surface area contributed by atoms with E-state index in [1.165, 1.54) is 10.9 Å². The van der Waals surface area contributed by atoms with Gasteiger partial charge in [-0.25, -0.2) is 4.98 Å². The summed E-state index contributed by atoms with van der Waals surface area (Å²) in [6.45, 7) is 3.73. The first-order valence-electron chi connectivity index (χ1n) is 5.20. The summed E-state index contributed by atoms with van der Waals surface area (Å²) in [6, 6.07) is 0.0146. The molecule has 0 bridgehead atoms. The van der Waals surface area contributed by atoms with Crippen molar-refractivity contribution in [3.05, 3.63) is 28.4 Å². The molecule has 0 saturated heterocycles. The maximum atomic E-state index is 12.1. The summed E-state index contributed by atoms with van der Waals surface area (Å²) < 4.78 is 1.50. The molecule has 1 N–H and O–H groups in total. The van der Waals surface area contributed by atoms with Gasteiger partial charge >= 0.3 is 0 Å². The minimum atomic E-state index is -0.371. The lowest BCUT2D eigenvalue weighted by Crippen LogP contribution is -2.33. The number of halogens is 1. The Hall–Kier alpha value is -1.62. The first-order chi connectivity index (χ1) is 7.93. The van der Waals surface area contributed by atoms with Crippen molar-refractivity contribution >= 4 is 23.2 Å². The third-order valence-corrected chi connectivity index (χ3v) is 2.81. The van der Waals surface area contributed by atoms with Gasteiger partial charge in [-0.1, -0.05) is 11.6 Å². The minimum absolute atomic E-state index is 0.0146. The van der Waals surface area contributed by atoms with E-state index in [4.69, 9.17) is 11.6 Å². The summed E-state index contributed by atoms with van der Waals surface area (Å²) in [5.41, 5.74) is 0.539. The van der Waals surface area contributed by atoms with E-state index in [-0.39, 0.29) is 39.7 Å². The van der Waals surface area contributed by atoms with Crippen LogP contribution in [0, 0.1) is 0 Å². The Bertz CT molecular complexity index is 543. The van der Waals surface area contributed by atoms with Gasteiger partial charge in [-0.15, -0.1) is 0 Å². The Morgan fingerprint density at radius 1 is 1.35 bits per heavy atom. The topological polar surface area (TPSA) is 64.0 Å². The van der Waals surface area contributed by atoms with Gasteiger partial charge in [0.1, 0.15) is 22.1 Å². The van der Waals surface area contributed by atoms with Crippen molar-refractivity contribution in [3.8, 4) is 0 Å². The zero-order valence-corrected chi connectivity index (χ0v) is 10.5. The number of nitrogens with zero attached hydrogens (tertiary/aromatic N) is 2. The van der Waals surface area contributed by atoms with Gasteiger partial charge in [0, 0.05) is 13.1 Å². The SMILES string of the molecule is CC(C)NC1=C(Cl)C(=O)c2c(ncn2C)C1=O. The molecule has 90 valence electrons. The number of carbonyl (C=O) groups is 2. The number of ketones is 2. The maximum absolute atomic E-state index is 12.1. The number of allylic oxidation sites excluding steroid dienone is 2. The molecule has 1 heterocycles. The molecule has 1 aromatic rings. The van der Waals surface area contributed by atoms with Crippen molar-refractivity contribution < 1.29 is 9.59 Å². The second-order valence-electron chi connectivity index (χ2n) is 4.20. The van der Waals surface area contributed by atoms with Crippen LogP contribution in [0.3, 0.4) is 0 Å². The normalized spacial score (nSPS) is 15.6. The van der Waals surface area contributed by atoms with Crippen LogP contribution in [0.25, 0.3) is 0 Å². The zero-order chi connectivity index (χ0) is 12.7. The first kappa shape index (κ1) is 11.9. The molecular formula is C11H12ClN3O2. The second-order valence-corrected chi connectivity index (χ2v) is 4.58. The minimum Gasteiger partial charge on any atom is -0.378 e. The second kappa shape index (κ2) is 4.00. The predicted octanol–water partition coefficient (Wildman–Crippen LogP) is 1.25. The number of fused-ring (bicyclic) bond motifs is 1. The van der Waals surface area contributed by atoms with E-state index in [2.05, 4.69) is 10.3 Å². The molecule has 1 aromatic heterocycles. The average Bonchev–Trinajstić information content (AvgIpc) is 2.63. The Morgan fingerprint density at radius 2 is 2.00 bits per heavy atom. The molecule has 1 aliphatic carbocycles. The summed E-state index contributed by atoms with van der Waals surface area (Å²) in [6.07, 6.45) is 1.43. The lowest BCUT2D eigenvalue weighted by atomic mass is 10.0. The van der Waals surface area contributed by atoms with E-state index < -0.39 is 0 Å². The number of hydrogen-bond donors (Lipinski definition) is 1. The smallest absolute Gasteiger partial charge is 0.231 e. The van der Waals surface area contributed by atoms with Gasteiger partial charge < -0.3 is 9.88 Å². The van der Waals surface area contributed by atoms with Gasteiger partial charge in [0.2, 0.25) is 11.6 Å². The highest BCUT2D eigenvalue weighted by Crippen LogP contribution is 2.26. The fourth-order valence-corrected chi connectivity index (χ4v) is 1.95. The van der Waals surface area contributed by atoms with Crippen molar-refractivity contribution in [3.63, 3.8) is 0 Å². The lowest BCUT2D eigenvalue weighted by Gasteiger charge is -2.18. The van der Waals surface area contributed by atoms with E-state index in [1.54, 1.807) is 7.05 Å². The van der Waals surface area contributed by atoms with E-state index in [9.17, 15) is 9.59 Å². The zero-order valence-electron chi connectivity index (χ0n) is 9.74. The first-order valence-corrected chi connectivity index (χ1v) is 5.58. The van der Waals surface area contributed by atoms with E-state index >= 15 is 0 Å². The number of rotatable bonds is 2. The molecule has 0 radical (unpaired) electrons. The fourth-order valence-electron chi connectivity index (χ4n) is 1.72. The fraction of sp³-hybridized carbons (Fsp3) is 0.364. The van der Waals surface area contributed by atoms with Crippen molar-refractivity contribution in [2.24, 2.45) is 7.05 Å². The Balaban J connectivity index is 2.55. The van der Waals surface area contributed by atoms with E-state index in [1.807, 2.05) is 13.8 Å². The van der Waals surface area contributed by atoms with Gasteiger partial charge in [-0.05, 0) is 13.8 Å². The lowest BCUT2D eigenvalue weighted by molar-refractivity contribution is 0.0966. The molecule has 5 nitrogen and oxygen atoms in total. The number of carbonyl (C=O) groups excluding carboxylic acids is 2. The molecule has 1 aliphatic rings. The number of Topliss-reactive ketones (excluding diaryl/α,β-unsaturated/α-hetero) is 2. The highest BCUT2D eigenvalue weighted by Gasteiger charge is 2.35. The Kier molecular flexibility index (Phi) is 2.79. The number of imidazole rings is 1. The summed E-state index contributed by atoms with van der Waals surface area (Å²) in [7, 11) is 1.65. The van der Waals surface area contributed by atoms with Gasteiger partial charge in [-0.3, -0.25) is 9.59 Å². The van der Waals surface area contributed by atoms with Crippen molar-refractivity contribution in [2.75, 3.05) is 0 Å². The van der Waals surface area contributed by atoms with Crippen LogP contribution in [0.2, 0.25) is 0 Å². The van der Waals surface area contributed by atoms with Crippen LogP contribution < -0.4 is 5.32 Å². The van der Waals surface area contributed by atoms with Crippen LogP contribution >= 0.6 is 11.6 Å². The molecule has 0 saturated carbocycles. The average molecular weight is 254 g/mol. The molecule has 0 amide bonds. The van der Waals surface area contributed by atoms with Crippen LogP contribution in [0.1, 0.15) is 34.8 Å². The van der Waals surface area contributed by atoms with Crippen molar-refractivity contribution in [1.82, 2.24) is 14.9 Å². The van der Waals surface area contributed by atoms with Gasteiger partial charge in [0.05, 0.1) is 6.33 Å². The van der Waals surface area contributed by atoms with Crippen LogP contribution in [0.15, 0.2) is 17.1 Å². The highest BCUT2D eigenvalue weighted by atomic mass is 35.5. The number of nitrogens with one attached hydrogen (secondary N) is 1. The standard InChI is InChI=1S/C11H12ClN3O2/c1-5(2)14-7-6(12)10(16)9-8(11(7)17)13-4-15(9)3/h4-5,14H,1-3H3. The number of aromatic nitrogens is 2. The molecule has 0 fully saturated rings. The van der Waals surface area contributed by atoms with E-state index in [0.29, 0.717) is 0 Å². The van der Waals surface area contributed by atoms with Crippen LogP contribution in [0.4, 0.5) is 0 Å². The van der Waals surface area contributed by atoms with Gasteiger partial charge in [-0.2, -0.15) is 0 Å². The molecule has 0 spiro atoms. The third kappa shape index (κ3) is 1.76. The number of aryl methyl sites for hydroxylation is 1. The largest absolute Gasteiger partial charge is 0.378 e. The third-order valence-electron chi connectivity index (χ3n) is 2.45. The Labute approximate surface area is 103 Å². The van der Waals surface area contributed by atoms with Crippen molar-refractivity contribution in [2.45, 2.75) is 19.9 Å². The van der Waals surface area contributed by atoms with Crippen LogP contribution in [-0.2, 0) is 7.05 Å². The quantitative estimate of drug-likeness (QED) is 0.862. The van der Waals surface area contributed by atoms with Crippen LogP contribution in [0.5, 0.6) is 0 Å². The molecule has 0 aromatic carbocycles. The Morgan fingerprint density at radius 3 is 2.59 bits per heavy atom.